The average Bonchev–Trinajstić information content (AvgIpc) is 2.89. The van der Waals surface area contributed by atoms with Crippen LogP contribution in [0.25, 0.3) is 0 Å². The summed E-state index contributed by atoms with van der Waals surface area (Å²) in [5, 5.41) is 0. The summed E-state index contributed by atoms with van der Waals surface area (Å²) in [5.41, 5.74) is 1.06. The predicted octanol–water partition coefficient (Wildman–Crippen LogP) is 3.13. The number of anilines is 1. The third-order valence-electron chi connectivity index (χ3n) is 2.92. The van der Waals surface area contributed by atoms with Gasteiger partial charge in [0.05, 0.1) is 7.11 Å². The van der Waals surface area contributed by atoms with E-state index in [9.17, 15) is 4.79 Å². The molecule has 0 radical (unpaired) electrons. The molecule has 19 heavy (non-hydrogen) atoms. The fourth-order valence-corrected chi connectivity index (χ4v) is 1.89. The lowest BCUT2D eigenvalue weighted by molar-refractivity contribution is 0.0988. The van der Waals surface area contributed by atoms with Gasteiger partial charge in [-0.15, -0.1) is 0 Å². The summed E-state index contributed by atoms with van der Waals surface area (Å²) in [5.74, 6) is 1.81. The van der Waals surface area contributed by atoms with Crippen molar-refractivity contribution in [3.8, 4) is 5.75 Å². The molecule has 0 bridgehead atoms. The molecule has 0 fully saturated rings. The number of nitrogens with zero attached hydrogens (tertiary/aromatic N) is 1. The Bertz CT molecular complexity index is 574. The van der Waals surface area contributed by atoms with Crippen LogP contribution in [0.15, 0.2) is 40.8 Å². The second-order valence-corrected chi connectivity index (χ2v) is 4.36. The van der Waals surface area contributed by atoms with Crippen LogP contribution in [-0.4, -0.2) is 19.9 Å². The van der Waals surface area contributed by atoms with Gasteiger partial charge >= 0.3 is 0 Å². The summed E-state index contributed by atoms with van der Waals surface area (Å²) in [6.07, 6.45) is 0. The number of ether oxygens (including phenoxy) is 1. The van der Waals surface area contributed by atoms with E-state index in [1.165, 1.54) is 6.92 Å². The Labute approximate surface area is 112 Å². The monoisotopic (exact) mass is 259 g/mol. The highest BCUT2D eigenvalue weighted by Gasteiger charge is 2.11. The average molecular weight is 259 g/mol. The first kappa shape index (κ1) is 13.2. The molecule has 100 valence electrons. The van der Waals surface area contributed by atoms with Crippen molar-refractivity contribution in [2.24, 2.45) is 0 Å². The maximum Gasteiger partial charge on any atom is 0.196 e. The molecule has 2 aromatic rings. The van der Waals surface area contributed by atoms with Crippen molar-refractivity contribution in [2.75, 3.05) is 19.1 Å². The molecule has 0 N–H and O–H groups in total. The lowest BCUT2D eigenvalue weighted by atomic mass is 10.2. The quantitative estimate of drug-likeness (QED) is 0.774. The van der Waals surface area contributed by atoms with E-state index in [0.29, 0.717) is 18.2 Å². The van der Waals surface area contributed by atoms with E-state index in [0.717, 1.165) is 11.3 Å². The normalized spacial score (nSPS) is 10.3. The van der Waals surface area contributed by atoms with Crippen LogP contribution in [0.3, 0.4) is 0 Å². The molecule has 0 aliphatic carbocycles. The molecule has 0 spiro atoms. The minimum absolute atomic E-state index is 0.0723. The highest BCUT2D eigenvalue weighted by molar-refractivity contribution is 5.91. The van der Waals surface area contributed by atoms with E-state index in [2.05, 4.69) is 0 Å². The molecular weight excluding hydrogens is 242 g/mol. The minimum atomic E-state index is -0.0723. The molecule has 0 aliphatic rings. The first-order valence-electron chi connectivity index (χ1n) is 6.05. The Balaban J connectivity index is 2.15. The van der Waals surface area contributed by atoms with Crippen molar-refractivity contribution in [1.82, 2.24) is 0 Å². The van der Waals surface area contributed by atoms with Crippen LogP contribution in [0.1, 0.15) is 23.0 Å². The van der Waals surface area contributed by atoms with Crippen molar-refractivity contribution in [3.05, 3.63) is 47.7 Å². The number of para-hydroxylation sites is 1. The van der Waals surface area contributed by atoms with Gasteiger partial charge in [-0.25, -0.2) is 0 Å². The van der Waals surface area contributed by atoms with E-state index in [-0.39, 0.29) is 5.78 Å². The van der Waals surface area contributed by atoms with Crippen LogP contribution in [-0.2, 0) is 6.54 Å². The third-order valence-corrected chi connectivity index (χ3v) is 2.92. The smallest absolute Gasteiger partial charge is 0.196 e. The summed E-state index contributed by atoms with van der Waals surface area (Å²) in [7, 11) is 3.56. The van der Waals surface area contributed by atoms with Crippen LogP contribution in [0.5, 0.6) is 5.75 Å². The molecule has 4 nitrogen and oxygen atoms in total. The zero-order chi connectivity index (χ0) is 13.8. The van der Waals surface area contributed by atoms with Crippen molar-refractivity contribution in [2.45, 2.75) is 13.5 Å². The predicted molar refractivity (Wildman–Crippen MR) is 73.8 cm³/mol. The van der Waals surface area contributed by atoms with Gasteiger partial charge in [0, 0.05) is 32.1 Å². The van der Waals surface area contributed by atoms with E-state index in [4.69, 9.17) is 9.15 Å². The van der Waals surface area contributed by atoms with Crippen LogP contribution < -0.4 is 9.64 Å². The number of furan rings is 1. The topological polar surface area (TPSA) is 42.7 Å². The standard InChI is InChI=1S/C15H17NO3/c1-11(17)13-8-9-15(19-13)16(2)10-12-6-4-5-7-14(12)18-3/h4-9H,10H2,1-3H3. The molecular formula is C15H17NO3. The van der Waals surface area contributed by atoms with Crippen molar-refractivity contribution >= 4 is 11.7 Å². The number of benzene rings is 1. The molecule has 0 amide bonds. The SMILES string of the molecule is COc1ccccc1CN(C)c1ccc(C(C)=O)o1. The number of hydrogen-bond donors (Lipinski definition) is 0. The van der Waals surface area contributed by atoms with Crippen LogP contribution in [0, 0.1) is 0 Å². The van der Waals surface area contributed by atoms with Gasteiger partial charge in [0.25, 0.3) is 0 Å². The molecule has 0 atom stereocenters. The number of rotatable bonds is 5. The number of carbonyl (C=O) groups is 1. The Morgan fingerprint density at radius 3 is 2.63 bits per heavy atom. The van der Waals surface area contributed by atoms with E-state index >= 15 is 0 Å². The van der Waals surface area contributed by atoms with Crippen LogP contribution >= 0.6 is 0 Å². The Morgan fingerprint density at radius 1 is 1.26 bits per heavy atom. The van der Waals surface area contributed by atoms with E-state index < -0.39 is 0 Å². The number of carbonyl (C=O) groups excluding carboxylic acids is 1. The van der Waals surface area contributed by atoms with Gasteiger partial charge in [0.15, 0.2) is 17.4 Å². The first-order chi connectivity index (χ1) is 9.11. The molecule has 2 rings (SSSR count). The summed E-state index contributed by atoms with van der Waals surface area (Å²) in [4.78, 5) is 13.1. The van der Waals surface area contributed by atoms with Crippen LogP contribution in [0.2, 0.25) is 0 Å². The summed E-state index contributed by atoms with van der Waals surface area (Å²) >= 11 is 0. The zero-order valence-corrected chi connectivity index (χ0v) is 11.3. The Hall–Kier alpha value is -2.23. The maximum absolute atomic E-state index is 11.2. The minimum Gasteiger partial charge on any atom is -0.496 e. The number of ketones is 1. The van der Waals surface area contributed by atoms with Gasteiger partial charge in [-0.1, -0.05) is 18.2 Å². The molecule has 4 heteroatoms. The molecule has 0 aliphatic heterocycles. The Morgan fingerprint density at radius 2 is 2.00 bits per heavy atom. The number of methoxy groups -OCH3 is 1. The van der Waals surface area contributed by atoms with Gasteiger partial charge in [-0.05, 0) is 12.1 Å². The summed E-state index contributed by atoms with van der Waals surface area (Å²) < 4.78 is 10.8. The molecule has 1 heterocycles. The van der Waals surface area contributed by atoms with Gasteiger partial charge < -0.3 is 14.1 Å². The van der Waals surface area contributed by atoms with Crippen molar-refractivity contribution in [1.29, 1.82) is 0 Å². The van der Waals surface area contributed by atoms with Crippen molar-refractivity contribution < 1.29 is 13.9 Å². The molecule has 0 saturated carbocycles. The van der Waals surface area contributed by atoms with Crippen molar-refractivity contribution in [3.63, 3.8) is 0 Å². The highest BCUT2D eigenvalue weighted by atomic mass is 16.5. The zero-order valence-electron chi connectivity index (χ0n) is 11.3. The van der Waals surface area contributed by atoms with Gasteiger partial charge in [0.1, 0.15) is 5.75 Å². The largest absolute Gasteiger partial charge is 0.496 e. The number of Topliss-reactive ketones (excluding diaryl/α,β-unsaturated/α-hetero) is 1. The molecule has 1 aromatic heterocycles. The third kappa shape index (κ3) is 2.96. The second-order valence-electron chi connectivity index (χ2n) is 4.36. The highest BCUT2D eigenvalue weighted by Crippen LogP contribution is 2.23. The summed E-state index contributed by atoms with van der Waals surface area (Å²) in [6, 6.07) is 11.3. The number of hydrogen-bond acceptors (Lipinski definition) is 4. The Kier molecular flexibility index (Phi) is 3.90. The van der Waals surface area contributed by atoms with Gasteiger partial charge in [-0.3, -0.25) is 4.79 Å². The lowest BCUT2D eigenvalue weighted by Gasteiger charge is -2.17. The van der Waals surface area contributed by atoms with Gasteiger partial charge in [-0.2, -0.15) is 0 Å². The van der Waals surface area contributed by atoms with E-state index in [1.807, 2.05) is 36.2 Å². The lowest BCUT2D eigenvalue weighted by Crippen LogP contribution is -2.16. The first-order valence-corrected chi connectivity index (χ1v) is 6.05. The van der Waals surface area contributed by atoms with E-state index in [1.54, 1.807) is 19.2 Å². The van der Waals surface area contributed by atoms with Crippen LogP contribution in [0.4, 0.5) is 5.88 Å². The molecule has 0 saturated heterocycles. The summed E-state index contributed by atoms with van der Waals surface area (Å²) in [6.45, 7) is 2.14. The molecule has 0 unspecified atom stereocenters. The fourth-order valence-electron chi connectivity index (χ4n) is 1.89. The van der Waals surface area contributed by atoms with Gasteiger partial charge in [0.2, 0.25) is 0 Å². The fraction of sp³-hybridized carbons (Fsp3) is 0.267. The molecule has 1 aromatic carbocycles. The maximum atomic E-state index is 11.2. The second kappa shape index (κ2) is 5.61.